The zero-order chi connectivity index (χ0) is 11.8. The molecule has 0 aliphatic carbocycles. The average molecular weight is 231 g/mol. The molecule has 0 bridgehead atoms. The zero-order valence-corrected chi connectivity index (χ0v) is 9.29. The van der Waals surface area contributed by atoms with Crippen LogP contribution in [-0.2, 0) is 4.74 Å². The van der Waals surface area contributed by atoms with E-state index in [1.165, 1.54) is 11.8 Å². The molecule has 1 rings (SSSR count). The van der Waals surface area contributed by atoms with Crippen molar-refractivity contribution in [1.29, 1.82) is 0 Å². The Kier molecular flexibility index (Phi) is 4.98. The summed E-state index contributed by atoms with van der Waals surface area (Å²) in [5.74, 6) is 4.66. The molecule has 1 aromatic heterocycles. The number of rotatable bonds is 4. The second-order valence-electron chi connectivity index (χ2n) is 2.63. The maximum atomic E-state index is 11.6. The van der Waals surface area contributed by atoms with Gasteiger partial charge in [-0.25, -0.2) is 9.78 Å². The molecule has 0 saturated carbocycles. The van der Waals surface area contributed by atoms with Crippen molar-refractivity contribution in [2.24, 2.45) is 0 Å². The van der Waals surface area contributed by atoms with Gasteiger partial charge in [0.25, 0.3) is 0 Å². The van der Waals surface area contributed by atoms with Gasteiger partial charge in [-0.1, -0.05) is 23.6 Å². The highest BCUT2D eigenvalue weighted by atomic mass is 32.2. The number of thioether (sulfide) groups is 1. The Morgan fingerprint density at radius 3 is 3.00 bits per heavy atom. The SMILES string of the molecule is C#CCOC(=O)c1cccnc1SCC#C. The summed E-state index contributed by atoms with van der Waals surface area (Å²) >= 11 is 1.31. The quantitative estimate of drug-likeness (QED) is 0.448. The number of pyridine rings is 1. The highest BCUT2D eigenvalue weighted by Gasteiger charge is 2.13. The van der Waals surface area contributed by atoms with Gasteiger partial charge in [-0.2, -0.15) is 0 Å². The predicted molar refractivity (Wildman–Crippen MR) is 62.9 cm³/mol. The first-order chi connectivity index (χ1) is 7.79. The van der Waals surface area contributed by atoms with Crippen LogP contribution in [0.2, 0.25) is 0 Å². The molecule has 80 valence electrons. The summed E-state index contributed by atoms with van der Waals surface area (Å²) < 4.78 is 4.82. The van der Waals surface area contributed by atoms with E-state index in [4.69, 9.17) is 17.6 Å². The van der Waals surface area contributed by atoms with Gasteiger partial charge in [-0.3, -0.25) is 0 Å². The van der Waals surface area contributed by atoms with E-state index in [-0.39, 0.29) is 6.61 Å². The molecule has 0 radical (unpaired) electrons. The van der Waals surface area contributed by atoms with Crippen LogP contribution in [-0.4, -0.2) is 23.3 Å². The fraction of sp³-hybridized carbons (Fsp3) is 0.167. The monoisotopic (exact) mass is 231 g/mol. The molecule has 0 amide bonds. The minimum atomic E-state index is -0.481. The van der Waals surface area contributed by atoms with Crippen LogP contribution in [0.3, 0.4) is 0 Å². The smallest absolute Gasteiger partial charge is 0.341 e. The lowest BCUT2D eigenvalue weighted by Crippen LogP contribution is -2.07. The van der Waals surface area contributed by atoms with Gasteiger partial charge < -0.3 is 4.74 Å². The molecular weight excluding hydrogens is 222 g/mol. The molecule has 0 spiro atoms. The van der Waals surface area contributed by atoms with Gasteiger partial charge in [0.2, 0.25) is 0 Å². The Hall–Kier alpha value is -1.91. The van der Waals surface area contributed by atoms with Gasteiger partial charge in [0, 0.05) is 6.20 Å². The lowest BCUT2D eigenvalue weighted by atomic mass is 10.3. The molecule has 3 nitrogen and oxygen atoms in total. The number of hydrogen-bond donors (Lipinski definition) is 0. The van der Waals surface area contributed by atoms with E-state index in [1.807, 2.05) is 0 Å². The van der Waals surface area contributed by atoms with Crippen LogP contribution < -0.4 is 0 Å². The normalized spacial score (nSPS) is 8.88. The predicted octanol–water partition coefficient (Wildman–Crippen LogP) is 1.60. The molecule has 0 fully saturated rings. The fourth-order valence-electron chi connectivity index (χ4n) is 0.956. The molecule has 0 saturated heterocycles. The number of terminal acetylenes is 2. The summed E-state index contributed by atoms with van der Waals surface area (Å²) in [6.07, 6.45) is 11.7. The molecular formula is C12H9NO2S. The Bertz CT molecular complexity index is 457. The van der Waals surface area contributed by atoms with E-state index < -0.39 is 5.97 Å². The average Bonchev–Trinajstić information content (AvgIpc) is 2.33. The largest absolute Gasteiger partial charge is 0.449 e. The molecule has 0 atom stereocenters. The molecule has 0 unspecified atom stereocenters. The maximum absolute atomic E-state index is 11.6. The second-order valence-corrected chi connectivity index (χ2v) is 3.59. The number of aromatic nitrogens is 1. The van der Waals surface area contributed by atoms with E-state index in [0.717, 1.165) is 0 Å². The lowest BCUT2D eigenvalue weighted by molar-refractivity contribution is 0.0552. The van der Waals surface area contributed by atoms with Crippen LogP contribution in [0.15, 0.2) is 23.4 Å². The van der Waals surface area contributed by atoms with E-state index in [1.54, 1.807) is 18.3 Å². The van der Waals surface area contributed by atoms with Gasteiger partial charge in [0.05, 0.1) is 11.3 Å². The van der Waals surface area contributed by atoms with Crippen LogP contribution >= 0.6 is 11.8 Å². The molecule has 1 heterocycles. The Balaban J connectivity index is 2.82. The fourth-order valence-corrected chi connectivity index (χ4v) is 1.62. The summed E-state index contributed by atoms with van der Waals surface area (Å²) in [5.41, 5.74) is 0.387. The third-order valence-electron chi connectivity index (χ3n) is 1.57. The summed E-state index contributed by atoms with van der Waals surface area (Å²) in [6.45, 7) is -0.0486. The van der Waals surface area contributed by atoms with Crippen LogP contribution in [0.5, 0.6) is 0 Å². The Morgan fingerprint density at radius 1 is 1.50 bits per heavy atom. The minimum Gasteiger partial charge on any atom is -0.449 e. The van der Waals surface area contributed by atoms with E-state index in [0.29, 0.717) is 16.3 Å². The van der Waals surface area contributed by atoms with Crippen molar-refractivity contribution in [3.63, 3.8) is 0 Å². The third kappa shape index (κ3) is 3.34. The molecule has 0 N–H and O–H groups in total. The van der Waals surface area contributed by atoms with E-state index in [2.05, 4.69) is 16.8 Å². The van der Waals surface area contributed by atoms with Crippen molar-refractivity contribution in [3.05, 3.63) is 23.9 Å². The van der Waals surface area contributed by atoms with Crippen molar-refractivity contribution in [3.8, 4) is 24.7 Å². The van der Waals surface area contributed by atoms with Crippen LogP contribution in [0.4, 0.5) is 0 Å². The first kappa shape index (κ1) is 12.2. The molecule has 0 aliphatic heterocycles. The minimum absolute atomic E-state index is 0.0486. The first-order valence-corrected chi connectivity index (χ1v) is 5.40. The maximum Gasteiger partial charge on any atom is 0.341 e. The van der Waals surface area contributed by atoms with Gasteiger partial charge in [-0.15, -0.1) is 12.8 Å². The lowest BCUT2D eigenvalue weighted by Gasteiger charge is -2.05. The third-order valence-corrected chi connectivity index (χ3v) is 2.48. The van der Waals surface area contributed by atoms with Crippen molar-refractivity contribution < 1.29 is 9.53 Å². The Labute approximate surface area is 98.6 Å². The molecule has 16 heavy (non-hydrogen) atoms. The first-order valence-electron chi connectivity index (χ1n) is 4.41. The highest BCUT2D eigenvalue weighted by molar-refractivity contribution is 7.99. The standard InChI is InChI=1S/C12H9NO2S/c1-3-8-15-12(14)10-6-5-7-13-11(10)16-9-4-2/h1-2,5-7H,8-9H2. The van der Waals surface area contributed by atoms with Gasteiger partial charge in [-0.05, 0) is 12.1 Å². The Morgan fingerprint density at radius 2 is 2.31 bits per heavy atom. The van der Waals surface area contributed by atoms with E-state index >= 15 is 0 Å². The molecule has 4 heteroatoms. The number of ether oxygens (including phenoxy) is 1. The molecule has 1 aromatic rings. The number of carbonyl (C=O) groups is 1. The molecule has 0 aliphatic rings. The van der Waals surface area contributed by atoms with Crippen molar-refractivity contribution in [2.75, 3.05) is 12.4 Å². The van der Waals surface area contributed by atoms with Crippen LogP contribution in [0.25, 0.3) is 0 Å². The summed E-state index contributed by atoms with van der Waals surface area (Å²) in [5, 5.41) is 0.558. The van der Waals surface area contributed by atoms with Crippen molar-refractivity contribution >= 4 is 17.7 Å². The van der Waals surface area contributed by atoms with Crippen LogP contribution in [0, 0.1) is 24.7 Å². The zero-order valence-electron chi connectivity index (χ0n) is 8.47. The van der Waals surface area contributed by atoms with Crippen LogP contribution in [0.1, 0.15) is 10.4 Å². The topological polar surface area (TPSA) is 39.2 Å². The molecule has 0 aromatic carbocycles. The summed E-state index contributed by atoms with van der Waals surface area (Å²) in [4.78, 5) is 15.6. The number of hydrogen-bond acceptors (Lipinski definition) is 4. The summed E-state index contributed by atoms with van der Waals surface area (Å²) in [6, 6.07) is 3.29. The van der Waals surface area contributed by atoms with Gasteiger partial charge in [0.1, 0.15) is 5.03 Å². The van der Waals surface area contributed by atoms with E-state index in [9.17, 15) is 4.79 Å². The van der Waals surface area contributed by atoms with Crippen molar-refractivity contribution in [2.45, 2.75) is 5.03 Å². The number of nitrogens with zero attached hydrogens (tertiary/aromatic N) is 1. The van der Waals surface area contributed by atoms with Crippen molar-refractivity contribution in [1.82, 2.24) is 4.98 Å². The van der Waals surface area contributed by atoms with Gasteiger partial charge >= 0.3 is 5.97 Å². The number of esters is 1. The summed E-state index contributed by atoms with van der Waals surface area (Å²) in [7, 11) is 0. The second kappa shape index (κ2) is 6.55. The number of carbonyl (C=O) groups excluding carboxylic acids is 1. The highest BCUT2D eigenvalue weighted by Crippen LogP contribution is 2.19. The van der Waals surface area contributed by atoms with Gasteiger partial charge in [0.15, 0.2) is 6.61 Å².